The molecule has 102 valence electrons. The third kappa shape index (κ3) is 11.2. The van der Waals surface area contributed by atoms with E-state index in [2.05, 4.69) is 29.2 Å². The Hall–Kier alpha value is -1.29. The second kappa shape index (κ2) is 18.1. The van der Waals surface area contributed by atoms with E-state index >= 15 is 0 Å². The Kier molecular flexibility index (Phi) is 22.0. The summed E-state index contributed by atoms with van der Waals surface area (Å²) in [6.45, 7) is 8.00. The van der Waals surface area contributed by atoms with Crippen molar-refractivity contribution in [2.24, 2.45) is 0 Å². The highest BCUT2D eigenvalue weighted by Gasteiger charge is 2.06. The van der Waals surface area contributed by atoms with Crippen LogP contribution < -0.4 is 5.73 Å². The van der Waals surface area contributed by atoms with Gasteiger partial charge in [-0.1, -0.05) is 39.8 Å². The molecule has 0 fully saturated rings. The van der Waals surface area contributed by atoms with E-state index < -0.39 is 5.97 Å². The highest BCUT2D eigenvalue weighted by Crippen LogP contribution is 2.10. The predicted molar refractivity (Wildman–Crippen MR) is 85.1 cm³/mol. The molecule has 3 nitrogen and oxygen atoms in total. The SMILES string of the molecule is CC.CC.COC(=O)c1ccccc1N.S=C=S. The number of carbonyl (C=O) groups excluding carboxylic acids is 1. The minimum Gasteiger partial charge on any atom is -0.465 e. The first kappa shape index (κ1) is 21.9. The maximum Gasteiger partial charge on any atom is 0.339 e. The van der Waals surface area contributed by atoms with Gasteiger partial charge in [0.1, 0.15) is 0 Å². The lowest BCUT2D eigenvalue weighted by Gasteiger charge is -2.00. The number of thiocarbonyl (C=S) groups is 2. The van der Waals surface area contributed by atoms with Crippen molar-refractivity contribution in [2.45, 2.75) is 27.7 Å². The van der Waals surface area contributed by atoms with Gasteiger partial charge in [-0.05, 0) is 36.6 Å². The van der Waals surface area contributed by atoms with Crippen LogP contribution >= 0.6 is 24.4 Å². The summed E-state index contributed by atoms with van der Waals surface area (Å²) < 4.78 is 6.41. The van der Waals surface area contributed by atoms with Crippen LogP contribution in [0.25, 0.3) is 0 Å². The molecule has 0 atom stereocenters. The van der Waals surface area contributed by atoms with E-state index in [0.29, 0.717) is 11.3 Å². The molecule has 0 aliphatic heterocycles. The first-order valence-electron chi connectivity index (χ1n) is 5.59. The van der Waals surface area contributed by atoms with Gasteiger partial charge in [0, 0.05) is 10.0 Å². The average molecular weight is 287 g/mol. The van der Waals surface area contributed by atoms with Crippen LogP contribution in [0.4, 0.5) is 5.69 Å². The Bertz CT molecular complexity index is 349. The number of benzene rings is 1. The predicted octanol–water partition coefficient (Wildman–Crippen LogP) is 4.13. The molecule has 18 heavy (non-hydrogen) atoms. The zero-order chi connectivity index (χ0) is 15.0. The lowest BCUT2D eigenvalue weighted by atomic mass is 10.2. The van der Waals surface area contributed by atoms with Crippen molar-refractivity contribution < 1.29 is 9.53 Å². The Morgan fingerprint density at radius 2 is 1.56 bits per heavy atom. The van der Waals surface area contributed by atoms with Crippen LogP contribution in [0.2, 0.25) is 0 Å². The van der Waals surface area contributed by atoms with Gasteiger partial charge in [0.25, 0.3) is 0 Å². The number of anilines is 1. The van der Waals surface area contributed by atoms with Gasteiger partial charge in [-0.15, -0.1) is 0 Å². The van der Waals surface area contributed by atoms with Crippen molar-refractivity contribution in [1.29, 1.82) is 0 Å². The van der Waals surface area contributed by atoms with Crippen LogP contribution in [0.15, 0.2) is 24.3 Å². The normalized spacial score (nSPS) is 6.72. The molecular weight excluding hydrogens is 266 g/mol. The molecule has 0 saturated carbocycles. The van der Waals surface area contributed by atoms with Crippen LogP contribution in [0, 0.1) is 0 Å². The molecule has 0 saturated heterocycles. The second-order valence-corrected chi connectivity index (χ2v) is 2.83. The molecule has 1 rings (SSSR count). The minimum absolute atomic E-state index is 0.400. The van der Waals surface area contributed by atoms with Crippen LogP contribution in [0.3, 0.4) is 0 Å². The van der Waals surface area contributed by atoms with Crippen LogP contribution in [-0.2, 0) is 4.74 Å². The van der Waals surface area contributed by atoms with Gasteiger partial charge >= 0.3 is 5.97 Å². The molecule has 0 aromatic heterocycles. The second-order valence-electron chi connectivity index (χ2n) is 2.16. The molecule has 0 spiro atoms. The van der Waals surface area contributed by atoms with E-state index in [4.69, 9.17) is 5.73 Å². The highest BCUT2D eigenvalue weighted by atomic mass is 32.1. The third-order valence-corrected chi connectivity index (χ3v) is 1.37. The largest absolute Gasteiger partial charge is 0.465 e. The van der Waals surface area contributed by atoms with Crippen molar-refractivity contribution in [1.82, 2.24) is 0 Å². The number of carbonyl (C=O) groups is 1. The summed E-state index contributed by atoms with van der Waals surface area (Å²) in [5.41, 5.74) is 6.35. The molecule has 0 heterocycles. The van der Waals surface area contributed by atoms with Crippen molar-refractivity contribution in [3.05, 3.63) is 29.8 Å². The molecule has 0 aliphatic rings. The molecule has 0 bridgehead atoms. The van der Waals surface area contributed by atoms with Crippen molar-refractivity contribution in [3.8, 4) is 0 Å². The molecule has 0 unspecified atom stereocenters. The van der Waals surface area contributed by atoms with Crippen molar-refractivity contribution >= 4 is 40.4 Å². The fraction of sp³-hybridized carbons (Fsp3) is 0.385. The quantitative estimate of drug-likeness (QED) is 0.478. The maximum absolute atomic E-state index is 10.9. The summed E-state index contributed by atoms with van der Waals surface area (Å²) in [6, 6.07) is 6.79. The van der Waals surface area contributed by atoms with Gasteiger partial charge in [0.05, 0.1) is 12.7 Å². The minimum atomic E-state index is -0.400. The summed E-state index contributed by atoms with van der Waals surface area (Å²) in [4.78, 5) is 10.9. The van der Waals surface area contributed by atoms with Crippen LogP contribution in [0.1, 0.15) is 38.1 Å². The van der Waals surface area contributed by atoms with E-state index in [1.54, 1.807) is 24.3 Å². The van der Waals surface area contributed by atoms with E-state index in [9.17, 15) is 4.79 Å². The number of para-hydroxylation sites is 1. The molecule has 1 aromatic rings. The van der Waals surface area contributed by atoms with E-state index in [-0.39, 0.29) is 0 Å². The number of hydrogen-bond donors (Lipinski definition) is 1. The topological polar surface area (TPSA) is 52.3 Å². The number of nitrogens with two attached hydrogens (primary N) is 1. The zero-order valence-corrected chi connectivity index (χ0v) is 13.2. The number of ether oxygens (including phenoxy) is 1. The van der Waals surface area contributed by atoms with Crippen molar-refractivity contribution in [3.63, 3.8) is 0 Å². The van der Waals surface area contributed by atoms with Gasteiger partial charge in [0.15, 0.2) is 0 Å². The highest BCUT2D eigenvalue weighted by molar-refractivity contribution is 7.93. The van der Waals surface area contributed by atoms with Gasteiger partial charge < -0.3 is 10.5 Å². The van der Waals surface area contributed by atoms with E-state index in [1.807, 2.05) is 32.0 Å². The fourth-order valence-electron chi connectivity index (χ4n) is 0.793. The smallest absolute Gasteiger partial charge is 0.339 e. The Labute approximate surface area is 120 Å². The van der Waals surface area contributed by atoms with Crippen LogP contribution in [-0.4, -0.2) is 17.4 Å². The summed E-state index contributed by atoms with van der Waals surface area (Å²) in [7, 11) is 1.33. The lowest BCUT2D eigenvalue weighted by molar-refractivity contribution is 0.0602. The molecule has 0 aliphatic carbocycles. The molecular formula is C13H21NO2S2. The molecule has 0 amide bonds. The average Bonchev–Trinajstić information content (AvgIpc) is 2.44. The standard InChI is InChI=1S/C8H9NO2.2C2H6.CS2/c1-11-8(10)6-4-2-3-5-7(6)9;2*1-2;2-1-3/h2-5H,9H2,1H3;2*1-2H3;. The number of methoxy groups -OCH3 is 1. The summed E-state index contributed by atoms with van der Waals surface area (Å²) in [6.07, 6.45) is 0. The Morgan fingerprint density at radius 3 is 1.89 bits per heavy atom. The zero-order valence-electron chi connectivity index (χ0n) is 11.5. The molecule has 1 aromatic carbocycles. The van der Waals surface area contributed by atoms with E-state index in [1.165, 1.54) is 7.11 Å². The first-order valence-corrected chi connectivity index (χ1v) is 6.41. The summed E-state index contributed by atoms with van der Waals surface area (Å²) >= 11 is 7.92. The number of hydrogen-bond acceptors (Lipinski definition) is 5. The summed E-state index contributed by atoms with van der Waals surface area (Å²) in [5.74, 6) is -0.400. The lowest BCUT2D eigenvalue weighted by Crippen LogP contribution is -2.04. The Balaban J connectivity index is -0.000000274. The molecule has 2 N–H and O–H groups in total. The molecule has 0 radical (unpaired) electrons. The number of rotatable bonds is 1. The van der Waals surface area contributed by atoms with Gasteiger partial charge in [-0.3, -0.25) is 0 Å². The third-order valence-electron chi connectivity index (χ3n) is 1.37. The van der Waals surface area contributed by atoms with Gasteiger partial charge in [-0.25, -0.2) is 4.79 Å². The number of esters is 1. The maximum atomic E-state index is 10.9. The summed E-state index contributed by atoms with van der Waals surface area (Å²) in [5, 5.41) is 0. The van der Waals surface area contributed by atoms with Crippen molar-refractivity contribution in [2.75, 3.05) is 12.8 Å². The first-order chi connectivity index (χ1) is 8.67. The Morgan fingerprint density at radius 1 is 1.17 bits per heavy atom. The van der Waals surface area contributed by atoms with Gasteiger partial charge in [0.2, 0.25) is 0 Å². The number of nitrogen functional groups attached to an aromatic ring is 1. The molecule has 5 heteroatoms. The van der Waals surface area contributed by atoms with Crippen LogP contribution in [0.5, 0.6) is 0 Å². The monoisotopic (exact) mass is 287 g/mol. The fourth-order valence-corrected chi connectivity index (χ4v) is 0.793. The van der Waals surface area contributed by atoms with E-state index in [0.717, 1.165) is 0 Å². The van der Waals surface area contributed by atoms with Gasteiger partial charge in [-0.2, -0.15) is 0 Å².